The average molecular weight is 315 g/mol. The van der Waals surface area contributed by atoms with E-state index < -0.39 is 27.5 Å². The summed E-state index contributed by atoms with van der Waals surface area (Å²) in [6, 6.07) is 0. The number of ether oxygens (including phenoxy) is 1. The number of hydrogen-bond donors (Lipinski definition) is 1. The summed E-state index contributed by atoms with van der Waals surface area (Å²) in [6.45, 7) is 1.11. The molecule has 0 amide bonds. The second kappa shape index (κ2) is 5.37. The van der Waals surface area contributed by atoms with Crippen LogP contribution in [-0.4, -0.2) is 54.8 Å². The summed E-state index contributed by atoms with van der Waals surface area (Å²) in [7, 11) is -3.23. The normalized spacial score (nSPS) is 29.1. The first kappa shape index (κ1) is 15.0. The molecule has 3 aliphatic rings. The third kappa shape index (κ3) is 3.00. The van der Waals surface area contributed by atoms with E-state index in [9.17, 15) is 13.2 Å². The van der Waals surface area contributed by atoms with Crippen molar-refractivity contribution in [2.75, 3.05) is 25.4 Å². The van der Waals surface area contributed by atoms with Crippen LogP contribution in [0, 0.1) is 5.92 Å². The van der Waals surface area contributed by atoms with Crippen molar-refractivity contribution in [3.8, 4) is 0 Å². The summed E-state index contributed by atoms with van der Waals surface area (Å²) < 4.78 is 31.9. The van der Waals surface area contributed by atoms with Gasteiger partial charge in [0.05, 0.1) is 23.9 Å². The predicted octanol–water partition coefficient (Wildman–Crippen LogP) is 0.992. The van der Waals surface area contributed by atoms with Crippen molar-refractivity contribution in [3.63, 3.8) is 0 Å². The van der Waals surface area contributed by atoms with Gasteiger partial charge in [0.2, 0.25) is 10.0 Å². The van der Waals surface area contributed by atoms with Gasteiger partial charge in [-0.15, -0.1) is 0 Å². The minimum absolute atomic E-state index is 0.138. The summed E-state index contributed by atoms with van der Waals surface area (Å²) >= 11 is 0. The van der Waals surface area contributed by atoms with Gasteiger partial charge < -0.3 is 9.84 Å². The van der Waals surface area contributed by atoms with Crippen LogP contribution in [-0.2, 0) is 19.6 Å². The Balaban J connectivity index is 1.59. The van der Waals surface area contributed by atoms with Crippen molar-refractivity contribution in [1.29, 1.82) is 0 Å². The molecule has 7 heteroatoms. The van der Waals surface area contributed by atoms with Crippen LogP contribution in [0.2, 0.25) is 0 Å². The Morgan fingerprint density at radius 1 is 1.43 bits per heavy atom. The lowest BCUT2D eigenvalue weighted by atomic mass is 9.86. The molecule has 118 valence electrons. The number of piperidine rings is 1. The highest BCUT2D eigenvalue weighted by Gasteiger charge is 2.46. The van der Waals surface area contributed by atoms with E-state index in [-0.39, 0.29) is 12.4 Å². The van der Waals surface area contributed by atoms with Crippen LogP contribution in [0.25, 0.3) is 0 Å². The molecule has 1 N–H and O–H groups in total. The molecule has 6 nitrogen and oxygen atoms in total. The quantitative estimate of drug-likeness (QED) is 0.782. The first-order valence-electron chi connectivity index (χ1n) is 7.43. The number of aliphatic carboxylic acids is 1. The van der Waals surface area contributed by atoms with Crippen LogP contribution in [0.15, 0.2) is 11.6 Å². The van der Waals surface area contributed by atoms with Gasteiger partial charge in [-0.05, 0) is 32.1 Å². The fraction of sp³-hybridized carbons (Fsp3) is 0.786. The molecule has 0 bridgehead atoms. The Hall–Kier alpha value is -0.920. The summed E-state index contributed by atoms with van der Waals surface area (Å²) in [5, 5.41) is 9.05. The number of allylic oxidation sites excluding steroid dienone is 1. The third-order valence-corrected chi connectivity index (χ3v) is 6.74. The molecule has 2 saturated heterocycles. The summed E-state index contributed by atoms with van der Waals surface area (Å²) in [6.07, 6.45) is 5.55. The lowest BCUT2D eigenvalue weighted by Gasteiger charge is -2.38. The van der Waals surface area contributed by atoms with Crippen LogP contribution >= 0.6 is 0 Å². The number of nitrogens with zero attached hydrogens (tertiary/aromatic N) is 1. The maximum Gasteiger partial charge on any atom is 0.308 e. The molecule has 0 radical (unpaired) electrons. The maximum absolute atomic E-state index is 12.3. The average Bonchev–Trinajstić information content (AvgIpc) is 2.79. The van der Waals surface area contributed by atoms with Gasteiger partial charge in [-0.3, -0.25) is 4.79 Å². The van der Waals surface area contributed by atoms with Crippen molar-refractivity contribution >= 4 is 16.0 Å². The number of carboxylic acids is 1. The molecular weight excluding hydrogens is 294 g/mol. The Bertz CT molecular complexity index is 560. The Kier molecular flexibility index (Phi) is 3.83. The van der Waals surface area contributed by atoms with E-state index in [1.807, 2.05) is 6.08 Å². The van der Waals surface area contributed by atoms with Crippen LogP contribution in [0.3, 0.4) is 0 Å². The molecule has 0 aromatic rings. The predicted molar refractivity (Wildman–Crippen MR) is 76.3 cm³/mol. The molecule has 1 spiro atoms. The first-order chi connectivity index (χ1) is 9.90. The molecule has 1 aliphatic carbocycles. The van der Waals surface area contributed by atoms with Crippen LogP contribution in [0.5, 0.6) is 0 Å². The first-order valence-corrected chi connectivity index (χ1v) is 9.04. The molecule has 2 heterocycles. The molecule has 1 atom stereocenters. The van der Waals surface area contributed by atoms with E-state index in [0.717, 1.165) is 18.4 Å². The van der Waals surface area contributed by atoms with Gasteiger partial charge in [0.1, 0.15) is 0 Å². The van der Waals surface area contributed by atoms with E-state index in [1.165, 1.54) is 4.31 Å². The standard InChI is InChI=1S/C14H21NO5S/c16-13(17)12-8-14(20-9-12)4-6-15(7-5-14)21(18,19)10-11-2-1-3-11/h2,12H,1,3-10H2,(H,16,17). The highest BCUT2D eigenvalue weighted by Crippen LogP contribution is 2.39. The van der Waals surface area contributed by atoms with Gasteiger partial charge in [0.25, 0.3) is 0 Å². The van der Waals surface area contributed by atoms with Crippen molar-refractivity contribution in [2.24, 2.45) is 5.92 Å². The van der Waals surface area contributed by atoms with Gasteiger partial charge >= 0.3 is 5.97 Å². The van der Waals surface area contributed by atoms with E-state index in [4.69, 9.17) is 9.84 Å². The Labute approximate surface area is 124 Å². The fourth-order valence-electron chi connectivity index (χ4n) is 3.33. The molecule has 0 saturated carbocycles. The van der Waals surface area contributed by atoms with Crippen molar-refractivity contribution in [2.45, 2.75) is 37.7 Å². The minimum Gasteiger partial charge on any atom is -0.481 e. The molecule has 2 aliphatic heterocycles. The summed E-state index contributed by atoms with van der Waals surface area (Å²) in [4.78, 5) is 11.0. The van der Waals surface area contributed by atoms with Gasteiger partial charge in [-0.1, -0.05) is 11.6 Å². The smallest absolute Gasteiger partial charge is 0.308 e. The van der Waals surface area contributed by atoms with Crippen molar-refractivity contribution in [3.05, 3.63) is 11.6 Å². The number of rotatable bonds is 4. The number of hydrogen-bond acceptors (Lipinski definition) is 4. The minimum atomic E-state index is -3.23. The van der Waals surface area contributed by atoms with E-state index in [2.05, 4.69) is 0 Å². The number of carboxylic acid groups (broad SMARTS) is 1. The monoisotopic (exact) mass is 315 g/mol. The van der Waals surface area contributed by atoms with Crippen molar-refractivity contribution < 1.29 is 23.1 Å². The molecule has 0 aromatic carbocycles. The molecule has 1 unspecified atom stereocenters. The van der Waals surface area contributed by atoms with Crippen LogP contribution < -0.4 is 0 Å². The SMILES string of the molecule is O=C(O)C1COC2(CCN(S(=O)(=O)CC3=CCC3)CC2)C1. The molecule has 21 heavy (non-hydrogen) atoms. The third-order valence-electron chi connectivity index (χ3n) is 4.85. The molecule has 3 rings (SSSR count). The van der Waals surface area contributed by atoms with Crippen LogP contribution in [0.4, 0.5) is 0 Å². The molecular formula is C14H21NO5S. The Morgan fingerprint density at radius 3 is 2.57 bits per heavy atom. The van der Waals surface area contributed by atoms with E-state index in [1.54, 1.807) is 0 Å². The van der Waals surface area contributed by atoms with Gasteiger partial charge in [0.15, 0.2) is 0 Å². The maximum atomic E-state index is 12.3. The van der Waals surface area contributed by atoms with Crippen LogP contribution in [0.1, 0.15) is 32.1 Å². The zero-order chi connectivity index (χ0) is 15.1. The van der Waals surface area contributed by atoms with Gasteiger partial charge in [-0.2, -0.15) is 0 Å². The van der Waals surface area contributed by atoms with E-state index in [0.29, 0.717) is 32.4 Å². The zero-order valence-corrected chi connectivity index (χ0v) is 12.8. The molecule has 0 aromatic heterocycles. The van der Waals surface area contributed by atoms with Gasteiger partial charge in [0, 0.05) is 13.1 Å². The van der Waals surface area contributed by atoms with E-state index >= 15 is 0 Å². The second-order valence-electron chi connectivity index (χ2n) is 6.29. The number of carbonyl (C=O) groups is 1. The largest absolute Gasteiger partial charge is 0.481 e. The Morgan fingerprint density at radius 2 is 2.10 bits per heavy atom. The van der Waals surface area contributed by atoms with Gasteiger partial charge in [-0.25, -0.2) is 12.7 Å². The summed E-state index contributed by atoms with van der Waals surface area (Å²) in [5.41, 5.74) is 0.587. The van der Waals surface area contributed by atoms with Crippen molar-refractivity contribution in [1.82, 2.24) is 4.31 Å². The second-order valence-corrected chi connectivity index (χ2v) is 8.26. The fourth-order valence-corrected chi connectivity index (χ4v) is 4.98. The highest BCUT2D eigenvalue weighted by molar-refractivity contribution is 7.89. The lowest BCUT2D eigenvalue weighted by molar-refractivity contribution is -0.141. The zero-order valence-electron chi connectivity index (χ0n) is 12.0. The highest BCUT2D eigenvalue weighted by atomic mass is 32.2. The lowest BCUT2D eigenvalue weighted by Crippen LogP contribution is -2.47. The topological polar surface area (TPSA) is 83.9 Å². The summed E-state index contributed by atoms with van der Waals surface area (Å²) in [5.74, 6) is -1.13. The molecule has 2 fully saturated rings. The number of sulfonamides is 1.